The zero-order valence-electron chi connectivity index (χ0n) is 13.3. The van der Waals surface area contributed by atoms with Crippen LogP contribution in [0, 0.1) is 5.82 Å². The maximum Gasteiger partial charge on any atom is 0.354 e. The van der Waals surface area contributed by atoms with E-state index in [1.165, 1.54) is 25.3 Å². The van der Waals surface area contributed by atoms with Gasteiger partial charge in [-0.3, -0.25) is 4.79 Å². The third kappa shape index (κ3) is 2.89. The van der Waals surface area contributed by atoms with E-state index < -0.39 is 23.4 Å². The van der Waals surface area contributed by atoms with Gasteiger partial charge in [-0.05, 0) is 12.1 Å². The first-order valence-corrected chi connectivity index (χ1v) is 7.50. The molecule has 0 saturated heterocycles. The highest BCUT2D eigenvalue weighted by Gasteiger charge is 2.48. The van der Waals surface area contributed by atoms with Crippen molar-refractivity contribution in [3.63, 3.8) is 0 Å². The number of benzene rings is 2. The van der Waals surface area contributed by atoms with Crippen molar-refractivity contribution >= 4 is 17.6 Å². The first-order valence-electron chi connectivity index (χ1n) is 7.50. The molecular weight excluding hydrogens is 327 g/mol. The van der Waals surface area contributed by atoms with E-state index in [1.807, 2.05) is 0 Å². The molecule has 1 heterocycles. The lowest BCUT2D eigenvalue weighted by Crippen LogP contribution is -2.43. The number of ether oxygens (including phenoxy) is 1. The van der Waals surface area contributed by atoms with Gasteiger partial charge in [0.05, 0.1) is 19.1 Å². The van der Waals surface area contributed by atoms with Crippen LogP contribution < -0.4 is 0 Å². The summed E-state index contributed by atoms with van der Waals surface area (Å²) in [5, 5.41) is 15.8. The van der Waals surface area contributed by atoms with Crippen LogP contribution in [0.25, 0.3) is 0 Å². The lowest BCUT2D eigenvalue weighted by molar-refractivity contribution is -0.133. The molecule has 2 aromatic carbocycles. The molecule has 2 aromatic rings. The van der Waals surface area contributed by atoms with Crippen molar-refractivity contribution < 1.29 is 23.8 Å². The number of halogens is 1. The van der Waals surface area contributed by atoms with Gasteiger partial charge in [-0.25, -0.2) is 9.18 Å². The van der Waals surface area contributed by atoms with Crippen molar-refractivity contribution in [2.45, 2.75) is 12.1 Å². The van der Waals surface area contributed by atoms with Gasteiger partial charge >= 0.3 is 5.97 Å². The molecule has 0 spiro atoms. The molecular formula is C18H15FN2O4. The molecule has 1 atom stereocenters. The minimum atomic E-state index is -1.91. The highest BCUT2D eigenvalue weighted by molar-refractivity contribution is 6.37. The zero-order chi connectivity index (χ0) is 18.0. The van der Waals surface area contributed by atoms with Crippen LogP contribution in [0.3, 0.4) is 0 Å². The first kappa shape index (κ1) is 16.8. The number of esters is 1. The second-order valence-corrected chi connectivity index (χ2v) is 5.49. The van der Waals surface area contributed by atoms with Gasteiger partial charge in [0.15, 0.2) is 11.4 Å². The summed E-state index contributed by atoms with van der Waals surface area (Å²) in [6.45, 7) is 0. The molecule has 6 nitrogen and oxygen atoms in total. The van der Waals surface area contributed by atoms with Crippen LogP contribution in [0.1, 0.15) is 22.3 Å². The smallest absolute Gasteiger partial charge is 0.354 e. The summed E-state index contributed by atoms with van der Waals surface area (Å²) in [5.74, 6) is -2.37. The van der Waals surface area contributed by atoms with Gasteiger partial charge in [0.1, 0.15) is 5.82 Å². The van der Waals surface area contributed by atoms with Gasteiger partial charge in [-0.15, -0.1) is 0 Å². The van der Waals surface area contributed by atoms with E-state index in [9.17, 15) is 19.1 Å². The van der Waals surface area contributed by atoms with Crippen molar-refractivity contribution in [2.24, 2.45) is 5.10 Å². The first-order chi connectivity index (χ1) is 12.0. The number of hydrogen-bond donors (Lipinski definition) is 1. The minimum Gasteiger partial charge on any atom is -0.464 e. The van der Waals surface area contributed by atoms with Crippen LogP contribution in [-0.2, 0) is 15.3 Å². The Morgan fingerprint density at radius 2 is 1.80 bits per heavy atom. The highest BCUT2D eigenvalue weighted by Crippen LogP contribution is 2.36. The summed E-state index contributed by atoms with van der Waals surface area (Å²) in [7, 11) is 1.17. The van der Waals surface area contributed by atoms with Gasteiger partial charge in [-0.1, -0.05) is 42.5 Å². The van der Waals surface area contributed by atoms with Crippen molar-refractivity contribution in [1.29, 1.82) is 0 Å². The number of nitrogens with zero attached hydrogens (tertiary/aromatic N) is 2. The maximum absolute atomic E-state index is 14.0. The Labute approximate surface area is 143 Å². The number of methoxy groups -OCH3 is 1. The number of carbonyl (C=O) groups is 2. The standard InChI is InChI=1S/C18H15FN2O4/c1-25-17(23)15-11-18(24,12-7-3-2-4-8-12)21(20-15)16(22)13-9-5-6-10-14(13)19/h2-10,24H,11H2,1H3/t18-/m1/s1. The Bertz CT molecular complexity index is 853. The normalized spacial score (nSPS) is 19.5. The van der Waals surface area contributed by atoms with E-state index in [4.69, 9.17) is 0 Å². The topological polar surface area (TPSA) is 79.2 Å². The summed E-state index contributed by atoms with van der Waals surface area (Å²) in [4.78, 5) is 24.6. The van der Waals surface area contributed by atoms with Crippen molar-refractivity contribution in [3.05, 3.63) is 71.5 Å². The van der Waals surface area contributed by atoms with Crippen molar-refractivity contribution in [1.82, 2.24) is 5.01 Å². The minimum absolute atomic E-state index is 0.126. The van der Waals surface area contributed by atoms with E-state index in [0.29, 0.717) is 5.56 Å². The van der Waals surface area contributed by atoms with Gasteiger partial charge in [-0.2, -0.15) is 10.1 Å². The van der Waals surface area contributed by atoms with E-state index in [2.05, 4.69) is 9.84 Å². The van der Waals surface area contributed by atoms with Crippen LogP contribution >= 0.6 is 0 Å². The fraction of sp³-hybridized carbons (Fsp3) is 0.167. The fourth-order valence-electron chi connectivity index (χ4n) is 2.67. The Kier molecular flexibility index (Phi) is 4.33. The van der Waals surface area contributed by atoms with Crippen molar-refractivity contribution in [3.8, 4) is 0 Å². The van der Waals surface area contributed by atoms with E-state index in [0.717, 1.165) is 11.1 Å². The third-order valence-corrected chi connectivity index (χ3v) is 3.94. The Morgan fingerprint density at radius 1 is 1.16 bits per heavy atom. The summed E-state index contributed by atoms with van der Waals surface area (Å²) < 4.78 is 18.6. The van der Waals surface area contributed by atoms with Gasteiger partial charge in [0.2, 0.25) is 0 Å². The molecule has 0 fully saturated rings. The number of hydrazone groups is 1. The molecule has 1 aliphatic rings. The van der Waals surface area contributed by atoms with Gasteiger partial charge in [0.25, 0.3) is 5.91 Å². The maximum atomic E-state index is 14.0. The number of carbonyl (C=O) groups excluding carboxylic acids is 2. The molecule has 1 aliphatic heterocycles. The number of aliphatic hydroxyl groups is 1. The monoisotopic (exact) mass is 342 g/mol. The van der Waals surface area contributed by atoms with E-state index in [1.54, 1.807) is 30.3 Å². The van der Waals surface area contributed by atoms with Crippen LogP contribution in [0.2, 0.25) is 0 Å². The third-order valence-electron chi connectivity index (χ3n) is 3.94. The molecule has 7 heteroatoms. The predicted octanol–water partition coefficient (Wildman–Crippen LogP) is 2.05. The quantitative estimate of drug-likeness (QED) is 0.866. The highest BCUT2D eigenvalue weighted by atomic mass is 19.1. The molecule has 0 aromatic heterocycles. The van der Waals surface area contributed by atoms with Crippen LogP contribution in [0.4, 0.5) is 4.39 Å². The van der Waals surface area contributed by atoms with Crippen LogP contribution in [0.5, 0.6) is 0 Å². The predicted molar refractivity (Wildman–Crippen MR) is 87.0 cm³/mol. The SMILES string of the molecule is COC(=O)C1=NN(C(=O)c2ccccc2F)[C@](O)(c2ccccc2)C1. The van der Waals surface area contributed by atoms with Gasteiger partial charge < -0.3 is 9.84 Å². The number of rotatable bonds is 3. The molecule has 0 unspecified atom stereocenters. The van der Waals surface area contributed by atoms with Crippen LogP contribution in [0.15, 0.2) is 59.7 Å². The molecule has 1 amide bonds. The Hall–Kier alpha value is -3.06. The molecule has 0 saturated carbocycles. The second kappa shape index (κ2) is 6.45. The lowest BCUT2D eigenvalue weighted by atomic mass is 9.97. The molecule has 1 N–H and O–H groups in total. The largest absolute Gasteiger partial charge is 0.464 e. The fourth-order valence-corrected chi connectivity index (χ4v) is 2.67. The molecule has 128 valence electrons. The molecule has 0 radical (unpaired) electrons. The summed E-state index contributed by atoms with van der Waals surface area (Å²) in [5.41, 5.74) is -1.95. The van der Waals surface area contributed by atoms with Crippen LogP contribution in [-0.4, -0.2) is 34.8 Å². The lowest BCUT2D eigenvalue weighted by Gasteiger charge is -2.31. The number of amides is 1. The summed E-state index contributed by atoms with van der Waals surface area (Å²) in [6.07, 6.45) is -0.260. The number of hydrogen-bond acceptors (Lipinski definition) is 5. The molecule has 0 aliphatic carbocycles. The van der Waals surface area contributed by atoms with E-state index in [-0.39, 0.29) is 17.7 Å². The zero-order valence-corrected chi connectivity index (χ0v) is 13.3. The summed E-state index contributed by atoms with van der Waals surface area (Å²) >= 11 is 0. The average Bonchev–Trinajstić information content (AvgIpc) is 3.00. The van der Waals surface area contributed by atoms with E-state index >= 15 is 0 Å². The molecule has 25 heavy (non-hydrogen) atoms. The molecule has 3 rings (SSSR count). The Balaban J connectivity index is 2.08. The molecule has 0 bridgehead atoms. The Morgan fingerprint density at radius 3 is 2.44 bits per heavy atom. The summed E-state index contributed by atoms with van der Waals surface area (Å²) in [6, 6.07) is 13.7. The van der Waals surface area contributed by atoms with Gasteiger partial charge in [0, 0.05) is 5.56 Å². The van der Waals surface area contributed by atoms with Crippen molar-refractivity contribution in [2.75, 3.05) is 7.11 Å². The average molecular weight is 342 g/mol. The second-order valence-electron chi connectivity index (χ2n) is 5.49.